The summed E-state index contributed by atoms with van der Waals surface area (Å²) in [7, 11) is 6.27. The van der Waals surface area contributed by atoms with E-state index in [1.54, 1.807) is 0 Å². The Morgan fingerprint density at radius 2 is 1.07 bits per heavy atom. The standard InChI is InChI=1S/C39H47BO2/c1-9-30-15-24(3)16-31(21-30)11-13-39(34-17-25(4)29(8)26(5)18-34,35-19-27(6)37(41)28(7)20-35)14-12-32-22-33(10-2)38(42)36(40)23-32/h15-23,41-42H,9-14H2,1-8H3. The minimum Gasteiger partial charge on any atom is -0.508 e. The van der Waals surface area contributed by atoms with Gasteiger partial charge in [0, 0.05) is 5.41 Å². The molecule has 2 radical (unpaired) electrons. The minimum atomic E-state index is -0.304. The van der Waals surface area contributed by atoms with Crippen LogP contribution in [0.15, 0.2) is 54.6 Å². The molecule has 4 rings (SSSR count). The Bertz CT molecular complexity index is 1490. The Hall–Kier alpha value is -3.46. The van der Waals surface area contributed by atoms with Gasteiger partial charge in [-0.15, -0.1) is 0 Å². The van der Waals surface area contributed by atoms with Crippen LogP contribution in [0, 0.1) is 41.5 Å². The van der Waals surface area contributed by atoms with E-state index in [4.69, 9.17) is 7.85 Å². The molecule has 2 N–H and O–H groups in total. The molecular weight excluding hydrogens is 511 g/mol. The Balaban J connectivity index is 1.93. The molecule has 0 fully saturated rings. The average molecular weight is 559 g/mol. The zero-order chi connectivity index (χ0) is 30.8. The molecule has 2 nitrogen and oxygen atoms in total. The van der Waals surface area contributed by atoms with Gasteiger partial charge in [0.1, 0.15) is 19.3 Å². The van der Waals surface area contributed by atoms with E-state index in [1.807, 2.05) is 19.9 Å². The first-order valence-corrected chi connectivity index (χ1v) is 15.5. The number of hydrogen-bond donors (Lipinski definition) is 2. The molecule has 4 aromatic carbocycles. The van der Waals surface area contributed by atoms with Crippen LogP contribution in [0.3, 0.4) is 0 Å². The lowest BCUT2D eigenvalue weighted by Crippen LogP contribution is -2.30. The van der Waals surface area contributed by atoms with Crippen LogP contribution < -0.4 is 5.46 Å². The third-order valence-electron chi connectivity index (χ3n) is 9.47. The normalized spacial score (nSPS) is 12.9. The van der Waals surface area contributed by atoms with Gasteiger partial charge in [-0.05, 0) is 141 Å². The second-order valence-electron chi connectivity index (χ2n) is 12.5. The van der Waals surface area contributed by atoms with Crippen LogP contribution in [0.2, 0.25) is 0 Å². The van der Waals surface area contributed by atoms with Gasteiger partial charge in [-0.3, -0.25) is 0 Å². The van der Waals surface area contributed by atoms with Crippen molar-refractivity contribution in [2.75, 3.05) is 0 Å². The number of hydrogen-bond acceptors (Lipinski definition) is 2. The van der Waals surface area contributed by atoms with Crippen molar-refractivity contribution in [2.24, 2.45) is 0 Å². The highest BCUT2D eigenvalue weighted by Gasteiger charge is 2.35. The predicted molar refractivity (Wildman–Crippen MR) is 179 cm³/mol. The van der Waals surface area contributed by atoms with Gasteiger partial charge in [-0.2, -0.15) is 0 Å². The molecule has 0 saturated carbocycles. The fraction of sp³-hybridized carbons (Fsp3) is 0.385. The second kappa shape index (κ2) is 12.8. The smallest absolute Gasteiger partial charge is 0.121 e. The second-order valence-corrected chi connectivity index (χ2v) is 12.5. The van der Waals surface area contributed by atoms with E-state index in [0.29, 0.717) is 11.2 Å². The van der Waals surface area contributed by atoms with E-state index in [-0.39, 0.29) is 11.2 Å². The summed E-state index contributed by atoms with van der Waals surface area (Å²) in [6.07, 6.45) is 5.31. The van der Waals surface area contributed by atoms with Gasteiger partial charge >= 0.3 is 0 Å². The SMILES string of the molecule is [B]c1cc(CCC(CCc2cc(C)cc(CC)c2)(c2cc(C)c(C)c(C)c2)c2cc(C)c(O)c(C)c2)cc(CC)c1O. The molecule has 0 aliphatic carbocycles. The van der Waals surface area contributed by atoms with Gasteiger partial charge in [-0.1, -0.05) is 79.5 Å². The number of benzene rings is 4. The van der Waals surface area contributed by atoms with Gasteiger partial charge in [0.25, 0.3) is 0 Å². The van der Waals surface area contributed by atoms with E-state index in [2.05, 4.69) is 90.1 Å². The van der Waals surface area contributed by atoms with Gasteiger partial charge in [0.2, 0.25) is 0 Å². The summed E-state index contributed by atoms with van der Waals surface area (Å²) in [5.41, 5.74) is 14.5. The number of phenolic OH excluding ortho intramolecular Hbond substituents is 2. The first kappa shape index (κ1) is 31.5. The van der Waals surface area contributed by atoms with Crippen LogP contribution in [0.25, 0.3) is 0 Å². The number of aromatic hydroxyl groups is 2. The van der Waals surface area contributed by atoms with Gasteiger partial charge in [0.15, 0.2) is 0 Å². The molecule has 0 heterocycles. The summed E-state index contributed by atoms with van der Waals surface area (Å²) < 4.78 is 0. The minimum absolute atomic E-state index is 0.202. The van der Waals surface area contributed by atoms with E-state index < -0.39 is 0 Å². The third kappa shape index (κ3) is 6.46. The van der Waals surface area contributed by atoms with E-state index in [9.17, 15) is 10.2 Å². The van der Waals surface area contributed by atoms with Crippen molar-refractivity contribution in [1.82, 2.24) is 0 Å². The number of rotatable bonds is 10. The van der Waals surface area contributed by atoms with Crippen LogP contribution in [0.4, 0.5) is 0 Å². The van der Waals surface area contributed by atoms with Crippen molar-refractivity contribution in [3.05, 3.63) is 121 Å². The van der Waals surface area contributed by atoms with Crippen LogP contribution in [-0.2, 0) is 31.1 Å². The molecule has 0 aliphatic heterocycles. The lowest BCUT2D eigenvalue weighted by Gasteiger charge is -2.37. The average Bonchev–Trinajstić information content (AvgIpc) is 2.95. The molecule has 3 heteroatoms. The maximum atomic E-state index is 10.8. The molecule has 218 valence electrons. The van der Waals surface area contributed by atoms with Crippen molar-refractivity contribution in [3.8, 4) is 11.5 Å². The maximum Gasteiger partial charge on any atom is 0.121 e. The fourth-order valence-corrected chi connectivity index (χ4v) is 6.63. The summed E-state index contributed by atoms with van der Waals surface area (Å²) in [6.45, 7) is 17.1. The van der Waals surface area contributed by atoms with Crippen LogP contribution in [-0.4, -0.2) is 18.1 Å². The van der Waals surface area contributed by atoms with Gasteiger partial charge < -0.3 is 10.2 Å². The summed E-state index contributed by atoms with van der Waals surface area (Å²) in [5.74, 6) is 0.572. The summed E-state index contributed by atoms with van der Waals surface area (Å²) in [5, 5.41) is 21.3. The molecule has 42 heavy (non-hydrogen) atoms. The Kier molecular flexibility index (Phi) is 9.61. The molecule has 0 spiro atoms. The zero-order valence-corrected chi connectivity index (χ0v) is 26.9. The lowest BCUT2D eigenvalue weighted by molar-refractivity contribution is 0.431. The van der Waals surface area contributed by atoms with E-state index >= 15 is 0 Å². The monoisotopic (exact) mass is 558 g/mol. The van der Waals surface area contributed by atoms with Gasteiger partial charge in [-0.25, -0.2) is 0 Å². The van der Waals surface area contributed by atoms with E-state index in [1.165, 1.54) is 44.5 Å². The summed E-state index contributed by atoms with van der Waals surface area (Å²) in [6, 6.07) is 20.2. The first-order chi connectivity index (χ1) is 19.9. The molecule has 1 unspecified atom stereocenters. The molecule has 4 aromatic rings. The Labute approximate surface area is 255 Å². The van der Waals surface area contributed by atoms with Crippen LogP contribution in [0.5, 0.6) is 11.5 Å². The highest BCUT2D eigenvalue weighted by atomic mass is 16.3. The maximum absolute atomic E-state index is 10.8. The molecule has 0 amide bonds. The predicted octanol–water partition coefficient (Wildman–Crippen LogP) is 8.42. The highest BCUT2D eigenvalue weighted by molar-refractivity contribution is 6.34. The van der Waals surface area contributed by atoms with Crippen molar-refractivity contribution in [3.63, 3.8) is 0 Å². The van der Waals surface area contributed by atoms with Gasteiger partial charge in [0.05, 0.1) is 0 Å². The highest BCUT2D eigenvalue weighted by Crippen LogP contribution is 2.44. The summed E-state index contributed by atoms with van der Waals surface area (Å²) in [4.78, 5) is 0. The number of aryl methyl sites for hydroxylation is 9. The topological polar surface area (TPSA) is 40.5 Å². The largest absolute Gasteiger partial charge is 0.508 e. The lowest BCUT2D eigenvalue weighted by atomic mass is 9.66. The molecular formula is C39H47BO2. The molecule has 0 bridgehead atoms. The van der Waals surface area contributed by atoms with E-state index in [0.717, 1.165) is 60.8 Å². The Morgan fingerprint density at radius 3 is 1.60 bits per heavy atom. The summed E-state index contributed by atoms with van der Waals surface area (Å²) >= 11 is 0. The van der Waals surface area contributed by atoms with Crippen LogP contribution >= 0.6 is 0 Å². The van der Waals surface area contributed by atoms with Crippen molar-refractivity contribution in [2.45, 2.75) is 99.3 Å². The van der Waals surface area contributed by atoms with Crippen molar-refractivity contribution in [1.29, 1.82) is 0 Å². The Morgan fingerprint density at radius 1 is 0.571 bits per heavy atom. The third-order valence-corrected chi connectivity index (χ3v) is 9.47. The fourth-order valence-electron chi connectivity index (χ4n) is 6.63. The first-order valence-electron chi connectivity index (χ1n) is 15.5. The van der Waals surface area contributed by atoms with Crippen molar-refractivity contribution < 1.29 is 10.2 Å². The molecule has 0 aromatic heterocycles. The molecule has 1 atom stereocenters. The number of phenols is 2. The molecule has 0 saturated heterocycles. The quantitative estimate of drug-likeness (QED) is 0.192. The zero-order valence-electron chi connectivity index (χ0n) is 26.9. The van der Waals surface area contributed by atoms with Crippen LogP contribution in [0.1, 0.15) is 93.5 Å². The molecule has 0 aliphatic rings. The van der Waals surface area contributed by atoms with Crippen molar-refractivity contribution >= 4 is 13.3 Å².